The number of carbonyl (C=O) groups excluding carboxylic acids is 2. The number of hydrogen-bond acceptors (Lipinski definition) is 5. The van der Waals surface area contributed by atoms with E-state index in [-0.39, 0.29) is 22.8 Å². The molecule has 2 rings (SSSR count). The first kappa shape index (κ1) is 19.5. The van der Waals surface area contributed by atoms with E-state index in [0.717, 1.165) is 4.47 Å². The second-order valence-corrected chi connectivity index (χ2v) is 6.27. The molecule has 0 aliphatic heterocycles. The largest absolute Gasteiger partial charge is 0.343 e. The van der Waals surface area contributed by atoms with Gasteiger partial charge in [-0.15, -0.1) is 0 Å². The van der Waals surface area contributed by atoms with Gasteiger partial charge < -0.3 is 5.32 Å². The Kier molecular flexibility index (Phi) is 6.81. The minimum absolute atomic E-state index is 0.150. The van der Waals surface area contributed by atoms with Crippen molar-refractivity contribution in [3.8, 4) is 0 Å². The first-order valence-electron chi connectivity index (χ1n) is 7.16. The lowest BCUT2D eigenvalue weighted by Crippen LogP contribution is -2.34. The minimum Gasteiger partial charge on any atom is -0.343 e. The Morgan fingerprint density at radius 3 is 2.73 bits per heavy atom. The van der Waals surface area contributed by atoms with E-state index in [1.54, 1.807) is 24.3 Å². The predicted octanol–water partition coefficient (Wildman–Crippen LogP) is 2.89. The lowest BCUT2D eigenvalue weighted by Gasteiger charge is -2.04. The van der Waals surface area contributed by atoms with E-state index < -0.39 is 16.7 Å². The van der Waals surface area contributed by atoms with Crippen LogP contribution in [0.2, 0.25) is 5.02 Å². The van der Waals surface area contributed by atoms with Gasteiger partial charge in [0.15, 0.2) is 0 Å². The smallest absolute Gasteiger partial charge is 0.270 e. The first-order valence-corrected chi connectivity index (χ1v) is 8.33. The number of carbonyl (C=O) groups is 2. The van der Waals surface area contributed by atoms with Gasteiger partial charge in [0.2, 0.25) is 0 Å². The minimum atomic E-state index is -0.566. The van der Waals surface area contributed by atoms with E-state index >= 15 is 0 Å². The van der Waals surface area contributed by atoms with Crippen LogP contribution in [0.4, 0.5) is 5.69 Å². The zero-order valence-corrected chi connectivity index (χ0v) is 15.5. The van der Waals surface area contributed by atoms with E-state index in [1.165, 1.54) is 24.4 Å². The predicted molar refractivity (Wildman–Crippen MR) is 100 cm³/mol. The molecule has 0 radical (unpaired) electrons. The number of nitro groups is 1. The van der Waals surface area contributed by atoms with Crippen molar-refractivity contribution >= 4 is 51.2 Å². The summed E-state index contributed by atoms with van der Waals surface area (Å²) in [7, 11) is 0. The van der Waals surface area contributed by atoms with E-state index in [0.29, 0.717) is 5.56 Å². The Balaban J connectivity index is 1.89. The summed E-state index contributed by atoms with van der Waals surface area (Å²) in [6, 6.07) is 10.6. The molecular formula is C16H12BrClN4O4. The summed E-state index contributed by atoms with van der Waals surface area (Å²) in [5, 5.41) is 17.1. The van der Waals surface area contributed by atoms with Crippen LogP contribution in [0.3, 0.4) is 0 Å². The lowest BCUT2D eigenvalue weighted by molar-refractivity contribution is -0.384. The molecule has 0 spiro atoms. The summed E-state index contributed by atoms with van der Waals surface area (Å²) in [4.78, 5) is 33.8. The van der Waals surface area contributed by atoms with Gasteiger partial charge in [-0.25, -0.2) is 5.43 Å². The maximum absolute atomic E-state index is 11.9. The number of hydrazone groups is 1. The summed E-state index contributed by atoms with van der Waals surface area (Å²) in [5.74, 6) is -0.974. The molecule has 26 heavy (non-hydrogen) atoms. The van der Waals surface area contributed by atoms with Gasteiger partial charge in [0.1, 0.15) is 0 Å². The average Bonchev–Trinajstić information content (AvgIpc) is 2.61. The molecule has 0 heterocycles. The molecule has 0 saturated heterocycles. The van der Waals surface area contributed by atoms with Gasteiger partial charge in [-0.05, 0) is 24.3 Å². The molecule has 0 fully saturated rings. The summed E-state index contributed by atoms with van der Waals surface area (Å²) < 4.78 is 0.744. The third-order valence-corrected chi connectivity index (χ3v) is 3.92. The highest BCUT2D eigenvalue weighted by Crippen LogP contribution is 2.20. The molecule has 2 amide bonds. The third kappa shape index (κ3) is 5.64. The number of hydrogen-bond donors (Lipinski definition) is 2. The van der Waals surface area contributed by atoms with Crippen LogP contribution in [0.5, 0.6) is 0 Å². The normalized spacial score (nSPS) is 10.5. The van der Waals surface area contributed by atoms with Crippen molar-refractivity contribution in [1.82, 2.24) is 10.7 Å². The summed E-state index contributed by atoms with van der Waals surface area (Å²) in [6.45, 7) is -0.286. The highest BCUT2D eigenvalue weighted by atomic mass is 79.9. The van der Waals surface area contributed by atoms with Crippen LogP contribution in [0.25, 0.3) is 0 Å². The van der Waals surface area contributed by atoms with Crippen LogP contribution in [0, 0.1) is 10.1 Å². The van der Waals surface area contributed by atoms with Crippen molar-refractivity contribution in [3.63, 3.8) is 0 Å². The molecule has 2 aromatic rings. The van der Waals surface area contributed by atoms with Gasteiger partial charge in [-0.3, -0.25) is 19.7 Å². The van der Waals surface area contributed by atoms with Crippen LogP contribution in [-0.4, -0.2) is 29.5 Å². The first-order chi connectivity index (χ1) is 12.4. The molecular weight excluding hydrogens is 428 g/mol. The van der Waals surface area contributed by atoms with Crippen molar-refractivity contribution < 1.29 is 14.5 Å². The molecule has 0 atom stereocenters. The zero-order chi connectivity index (χ0) is 19.1. The molecule has 8 nitrogen and oxygen atoms in total. The average molecular weight is 440 g/mol. The second-order valence-electron chi connectivity index (χ2n) is 4.95. The summed E-state index contributed by atoms with van der Waals surface area (Å²) in [6.07, 6.45) is 1.18. The van der Waals surface area contributed by atoms with Gasteiger partial charge >= 0.3 is 0 Å². The Morgan fingerprint density at radius 2 is 2.04 bits per heavy atom. The monoisotopic (exact) mass is 438 g/mol. The van der Waals surface area contributed by atoms with Gasteiger partial charge in [0.25, 0.3) is 17.5 Å². The molecule has 0 saturated carbocycles. The Morgan fingerprint density at radius 1 is 1.27 bits per heavy atom. The van der Waals surface area contributed by atoms with E-state index in [1.807, 2.05) is 0 Å². The number of nitrogens with one attached hydrogen (secondary N) is 2. The standard InChI is InChI=1S/C16H12BrClN4O4/c17-12-3-1-2-10(6-12)16(24)19-9-15(23)21-20-8-11-7-13(22(25)26)4-5-14(11)18/h1-8H,9H2,(H,19,24)(H,21,23)/b20-8-. The zero-order valence-electron chi connectivity index (χ0n) is 13.1. The van der Waals surface area contributed by atoms with Crippen LogP contribution >= 0.6 is 27.5 Å². The second kappa shape index (κ2) is 9.07. The van der Waals surface area contributed by atoms with Gasteiger partial charge in [-0.2, -0.15) is 5.10 Å². The van der Waals surface area contributed by atoms with Crippen molar-refractivity contribution in [2.24, 2.45) is 5.10 Å². The van der Waals surface area contributed by atoms with Crippen molar-refractivity contribution in [3.05, 3.63) is 73.2 Å². The molecule has 0 bridgehead atoms. The maximum Gasteiger partial charge on any atom is 0.270 e. The Labute approximate surface area is 161 Å². The fourth-order valence-corrected chi connectivity index (χ4v) is 2.41. The van der Waals surface area contributed by atoms with E-state index in [2.05, 4.69) is 31.8 Å². The van der Waals surface area contributed by atoms with Gasteiger partial charge in [0, 0.05) is 32.8 Å². The summed E-state index contributed by atoms with van der Waals surface area (Å²) >= 11 is 9.17. The number of nitrogens with zero attached hydrogens (tertiary/aromatic N) is 2. The SMILES string of the molecule is O=C(CNC(=O)c1cccc(Br)c1)N/N=C\c1cc([N+](=O)[O-])ccc1Cl. The lowest BCUT2D eigenvalue weighted by atomic mass is 10.2. The molecule has 0 aliphatic rings. The number of nitro benzene ring substituents is 1. The number of rotatable bonds is 6. The molecule has 2 N–H and O–H groups in total. The highest BCUT2D eigenvalue weighted by Gasteiger charge is 2.09. The Bertz CT molecular complexity index is 888. The molecule has 0 aliphatic carbocycles. The third-order valence-electron chi connectivity index (χ3n) is 3.08. The van der Waals surface area contributed by atoms with Crippen molar-refractivity contribution in [2.75, 3.05) is 6.54 Å². The van der Waals surface area contributed by atoms with E-state index in [9.17, 15) is 19.7 Å². The number of amides is 2. The molecule has 0 unspecified atom stereocenters. The number of halogens is 2. The fraction of sp³-hybridized carbons (Fsp3) is 0.0625. The van der Waals surface area contributed by atoms with Crippen molar-refractivity contribution in [1.29, 1.82) is 0 Å². The molecule has 2 aromatic carbocycles. The molecule has 134 valence electrons. The number of non-ortho nitro benzene ring substituents is 1. The number of benzene rings is 2. The van der Waals surface area contributed by atoms with Crippen LogP contribution in [0.1, 0.15) is 15.9 Å². The Hall–Kier alpha value is -2.78. The van der Waals surface area contributed by atoms with E-state index in [4.69, 9.17) is 11.6 Å². The van der Waals surface area contributed by atoms with Crippen LogP contribution in [0.15, 0.2) is 52.0 Å². The van der Waals surface area contributed by atoms with Crippen LogP contribution < -0.4 is 10.7 Å². The van der Waals surface area contributed by atoms with Crippen LogP contribution in [-0.2, 0) is 4.79 Å². The molecule has 0 aromatic heterocycles. The van der Waals surface area contributed by atoms with Gasteiger partial charge in [0.05, 0.1) is 17.7 Å². The van der Waals surface area contributed by atoms with Gasteiger partial charge in [-0.1, -0.05) is 33.6 Å². The fourth-order valence-electron chi connectivity index (χ4n) is 1.85. The maximum atomic E-state index is 11.9. The topological polar surface area (TPSA) is 114 Å². The quantitative estimate of drug-likeness (QED) is 0.409. The summed E-state index contributed by atoms with van der Waals surface area (Å²) in [5.41, 5.74) is 2.73. The van der Waals surface area contributed by atoms with Crippen molar-refractivity contribution in [2.45, 2.75) is 0 Å². The highest BCUT2D eigenvalue weighted by molar-refractivity contribution is 9.10. The molecule has 10 heteroatoms.